The molecule has 1 atom stereocenters. The largest absolute Gasteiger partial charge is 0.354 e. The Balaban J connectivity index is 1.91. The monoisotopic (exact) mass is 582 g/mol. The molecule has 0 bridgehead atoms. The number of amides is 2. The van der Waals surface area contributed by atoms with Gasteiger partial charge >= 0.3 is 0 Å². The predicted octanol–water partition coefficient (Wildman–Crippen LogP) is 5.83. The molecule has 41 heavy (non-hydrogen) atoms. The van der Waals surface area contributed by atoms with E-state index in [1.54, 1.807) is 43.0 Å². The molecule has 222 valence electrons. The zero-order valence-corrected chi connectivity index (χ0v) is 25.7. The zero-order chi connectivity index (χ0) is 30.2. The molecule has 0 aliphatic rings. The van der Waals surface area contributed by atoms with Crippen LogP contribution < -0.4 is 10.0 Å². The van der Waals surface area contributed by atoms with Crippen molar-refractivity contribution in [2.75, 3.05) is 11.3 Å². The van der Waals surface area contributed by atoms with Crippen molar-refractivity contribution < 1.29 is 22.5 Å². The molecule has 1 aromatic heterocycles. The fourth-order valence-corrected chi connectivity index (χ4v) is 5.86. The highest BCUT2D eigenvalue weighted by Gasteiger charge is 2.32. The Hall–Kier alpha value is -3.66. The number of unbranched alkanes of at least 4 members (excludes halogenated alkanes) is 1. The number of rotatable bonds is 14. The van der Waals surface area contributed by atoms with Crippen molar-refractivity contribution in [3.05, 3.63) is 65.4 Å². The molecule has 2 aromatic carbocycles. The molecule has 3 rings (SSSR count). The lowest BCUT2D eigenvalue weighted by Crippen LogP contribution is -2.52. The molecule has 1 heterocycles. The number of anilines is 1. The standard InChI is InChI=1S/C31H42N4O5S/c1-7-9-14-28(36)35(29(21(3)4)30(37)32-19-8-2)20-24-15-17-25(18-16-24)26-12-10-11-13-27(26)41(38,39)34-31-22(5)23(6)33-40-31/h10-13,15-18,21,29,34H,7-9,14,19-20H2,1-6H3,(H,32,37). The van der Waals surface area contributed by atoms with E-state index in [1.807, 2.05) is 52.0 Å². The first-order valence-electron chi connectivity index (χ1n) is 14.2. The van der Waals surface area contributed by atoms with E-state index >= 15 is 0 Å². The SMILES string of the molecule is CCCCC(=O)N(Cc1ccc(-c2ccccc2S(=O)(=O)Nc2onc(C)c2C)cc1)C(C(=O)NCCC)C(C)C. The molecule has 0 saturated carbocycles. The van der Waals surface area contributed by atoms with Crippen LogP contribution in [0.3, 0.4) is 0 Å². The maximum Gasteiger partial charge on any atom is 0.264 e. The first-order chi connectivity index (χ1) is 19.5. The number of aryl methyl sites for hydroxylation is 1. The van der Waals surface area contributed by atoms with Gasteiger partial charge in [-0.3, -0.25) is 9.59 Å². The van der Waals surface area contributed by atoms with Gasteiger partial charge in [-0.1, -0.05) is 81.7 Å². The van der Waals surface area contributed by atoms with Gasteiger partial charge in [-0.05, 0) is 49.8 Å². The van der Waals surface area contributed by atoms with E-state index in [4.69, 9.17) is 4.52 Å². The average Bonchev–Trinajstić information content (AvgIpc) is 3.26. The number of carbonyl (C=O) groups excluding carboxylic acids is 2. The smallest absolute Gasteiger partial charge is 0.264 e. The summed E-state index contributed by atoms with van der Waals surface area (Å²) in [6.45, 7) is 12.2. The number of hydrogen-bond acceptors (Lipinski definition) is 6. The number of carbonyl (C=O) groups is 2. The van der Waals surface area contributed by atoms with Crippen molar-refractivity contribution in [3.8, 4) is 11.1 Å². The summed E-state index contributed by atoms with van der Waals surface area (Å²) < 4.78 is 34.3. The normalized spacial score (nSPS) is 12.3. The molecule has 0 aliphatic carbocycles. The maximum absolute atomic E-state index is 13.3. The van der Waals surface area contributed by atoms with Gasteiger partial charge in [0, 0.05) is 30.6 Å². The van der Waals surface area contributed by atoms with Crippen LogP contribution in [0, 0.1) is 19.8 Å². The Labute approximate surface area is 243 Å². The van der Waals surface area contributed by atoms with Gasteiger partial charge in [-0.2, -0.15) is 0 Å². The van der Waals surface area contributed by atoms with Gasteiger partial charge in [0.15, 0.2) is 0 Å². The first kappa shape index (κ1) is 31.9. The molecular weight excluding hydrogens is 540 g/mol. The highest BCUT2D eigenvalue weighted by molar-refractivity contribution is 7.92. The Bertz CT molecular complexity index is 1430. The van der Waals surface area contributed by atoms with Crippen molar-refractivity contribution in [3.63, 3.8) is 0 Å². The Kier molecular flexibility index (Phi) is 11.1. The minimum atomic E-state index is -3.97. The van der Waals surface area contributed by atoms with Crippen molar-refractivity contribution in [1.29, 1.82) is 0 Å². The highest BCUT2D eigenvalue weighted by Crippen LogP contribution is 2.30. The van der Waals surface area contributed by atoms with Crippen LogP contribution >= 0.6 is 0 Å². The average molecular weight is 583 g/mol. The highest BCUT2D eigenvalue weighted by atomic mass is 32.2. The topological polar surface area (TPSA) is 122 Å². The molecule has 10 heteroatoms. The molecule has 0 radical (unpaired) electrons. The number of nitrogens with zero attached hydrogens (tertiary/aromatic N) is 2. The fourth-order valence-electron chi connectivity index (χ4n) is 4.58. The van der Waals surface area contributed by atoms with Crippen LogP contribution in [0.4, 0.5) is 5.88 Å². The van der Waals surface area contributed by atoms with Gasteiger partial charge in [-0.15, -0.1) is 0 Å². The second-order valence-corrected chi connectivity index (χ2v) is 12.3. The summed E-state index contributed by atoms with van der Waals surface area (Å²) in [6.07, 6.45) is 2.82. The van der Waals surface area contributed by atoms with Gasteiger partial charge in [-0.25, -0.2) is 13.1 Å². The summed E-state index contributed by atoms with van der Waals surface area (Å²) in [5, 5.41) is 6.79. The van der Waals surface area contributed by atoms with Crippen LogP contribution in [0.15, 0.2) is 57.9 Å². The van der Waals surface area contributed by atoms with Crippen LogP contribution in [0.25, 0.3) is 11.1 Å². The summed E-state index contributed by atoms with van der Waals surface area (Å²) in [5.74, 6) is -0.185. The quantitative estimate of drug-likeness (QED) is 0.247. The van der Waals surface area contributed by atoms with Crippen LogP contribution in [0.1, 0.15) is 70.2 Å². The van der Waals surface area contributed by atoms with Gasteiger partial charge in [0.05, 0.1) is 10.6 Å². The molecule has 3 aromatic rings. The van der Waals surface area contributed by atoms with E-state index in [0.717, 1.165) is 24.8 Å². The fraction of sp³-hybridized carbons (Fsp3) is 0.452. The molecule has 0 saturated heterocycles. The molecular formula is C31H42N4O5S. The van der Waals surface area contributed by atoms with Gasteiger partial charge in [0.25, 0.3) is 10.0 Å². The molecule has 0 aliphatic heterocycles. The molecule has 0 spiro atoms. The summed E-state index contributed by atoms with van der Waals surface area (Å²) in [5.41, 5.74) is 3.30. The van der Waals surface area contributed by atoms with Gasteiger partial charge in [0.2, 0.25) is 17.7 Å². The van der Waals surface area contributed by atoms with Crippen molar-refractivity contribution >= 4 is 27.7 Å². The number of aromatic nitrogens is 1. The summed E-state index contributed by atoms with van der Waals surface area (Å²) >= 11 is 0. The Morgan fingerprint density at radius 3 is 2.27 bits per heavy atom. The minimum absolute atomic E-state index is 0.0539. The van der Waals surface area contributed by atoms with E-state index in [0.29, 0.717) is 35.3 Å². The number of sulfonamides is 1. The molecule has 2 N–H and O–H groups in total. The van der Waals surface area contributed by atoms with E-state index in [-0.39, 0.29) is 35.1 Å². The van der Waals surface area contributed by atoms with Crippen molar-refractivity contribution in [2.45, 2.75) is 84.7 Å². The summed E-state index contributed by atoms with van der Waals surface area (Å²) in [7, 11) is -3.97. The third-order valence-electron chi connectivity index (χ3n) is 7.03. The lowest BCUT2D eigenvalue weighted by atomic mass is 9.98. The second kappa shape index (κ2) is 14.3. The minimum Gasteiger partial charge on any atom is -0.354 e. The Morgan fingerprint density at radius 2 is 1.68 bits per heavy atom. The van der Waals surface area contributed by atoms with Crippen molar-refractivity contribution in [1.82, 2.24) is 15.4 Å². The number of hydrogen-bond donors (Lipinski definition) is 2. The number of benzene rings is 2. The van der Waals surface area contributed by atoms with Crippen LogP contribution in [-0.2, 0) is 26.2 Å². The molecule has 0 fully saturated rings. The maximum atomic E-state index is 13.3. The van der Waals surface area contributed by atoms with Crippen LogP contribution in [0.2, 0.25) is 0 Å². The molecule has 1 unspecified atom stereocenters. The van der Waals surface area contributed by atoms with Crippen molar-refractivity contribution in [2.24, 2.45) is 5.92 Å². The zero-order valence-electron chi connectivity index (χ0n) is 24.9. The van der Waals surface area contributed by atoms with E-state index < -0.39 is 16.1 Å². The predicted molar refractivity (Wildman–Crippen MR) is 161 cm³/mol. The molecule has 2 amide bonds. The lowest BCUT2D eigenvalue weighted by molar-refractivity contribution is -0.143. The molecule has 9 nitrogen and oxygen atoms in total. The number of nitrogens with one attached hydrogen (secondary N) is 2. The van der Waals surface area contributed by atoms with E-state index in [1.165, 1.54) is 0 Å². The second-order valence-electron chi connectivity index (χ2n) is 10.6. The van der Waals surface area contributed by atoms with E-state index in [9.17, 15) is 18.0 Å². The van der Waals surface area contributed by atoms with Gasteiger partial charge < -0.3 is 14.7 Å². The first-order valence-corrected chi connectivity index (χ1v) is 15.7. The summed E-state index contributed by atoms with van der Waals surface area (Å²) in [4.78, 5) is 28.2. The van der Waals surface area contributed by atoms with Crippen LogP contribution in [-0.4, -0.2) is 42.9 Å². The third-order valence-corrected chi connectivity index (χ3v) is 8.42. The Morgan fingerprint density at radius 1 is 1.00 bits per heavy atom. The third kappa shape index (κ3) is 7.97. The lowest BCUT2D eigenvalue weighted by Gasteiger charge is -2.34. The summed E-state index contributed by atoms with van der Waals surface area (Å²) in [6, 6.07) is 13.6. The van der Waals surface area contributed by atoms with E-state index in [2.05, 4.69) is 15.2 Å². The van der Waals surface area contributed by atoms with Crippen LogP contribution in [0.5, 0.6) is 0 Å². The van der Waals surface area contributed by atoms with Gasteiger partial charge in [0.1, 0.15) is 6.04 Å².